The minimum absolute atomic E-state index is 0.0354. The van der Waals surface area contributed by atoms with E-state index in [1.54, 1.807) is 12.1 Å². The SMILES string of the molecule is Cc1ccc(Cl)cc1C(=O)NCC1(C)CCCNC1. The molecular formula is C15H21ClN2O. The highest BCUT2D eigenvalue weighted by atomic mass is 35.5. The molecule has 1 fully saturated rings. The van der Waals surface area contributed by atoms with Crippen molar-refractivity contribution in [2.75, 3.05) is 19.6 Å². The number of piperidine rings is 1. The zero-order chi connectivity index (χ0) is 13.9. The normalized spacial score (nSPS) is 23.1. The van der Waals surface area contributed by atoms with Crippen LogP contribution in [0.5, 0.6) is 0 Å². The van der Waals surface area contributed by atoms with Crippen molar-refractivity contribution in [2.45, 2.75) is 26.7 Å². The van der Waals surface area contributed by atoms with Crippen molar-refractivity contribution >= 4 is 17.5 Å². The van der Waals surface area contributed by atoms with Crippen molar-refractivity contribution in [2.24, 2.45) is 5.41 Å². The van der Waals surface area contributed by atoms with Crippen LogP contribution in [-0.2, 0) is 0 Å². The van der Waals surface area contributed by atoms with Crippen LogP contribution in [0.1, 0.15) is 35.7 Å². The van der Waals surface area contributed by atoms with E-state index in [2.05, 4.69) is 17.6 Å². The summed E-state index contributed by atoms with van der Waals surface area (Å²) < 4.78 is 0. The first-order chi connectivity index (χ1) is 9.00. The molecule has 0 spiro atoms. The molecule has 1 aromatic rings. The fourth-order valence-corrected chi connectivity index (χ4v) is 2.67. The first-order valence-electron chi connectivity index (χ1n) is 6.75. The Morgan fingerprint density at radius 3 is 3.00 bits per heavy atom. The predicted octanol–water partition coefficient (Wildman–Crippen LogP) is 2.77. The highest BCUT2D eigenvalue weighted by Crippen LogP contribution is 2.24. The van der Waals surface area contributed by atoms with Gasteiger partial charge >= 0.3 is 0 Å². The number of nitrogens with one attached hydrogen (secondary N) is 2. The number of carbonyl (C=O) groups is 1. The van der Waals surface area contributed by atoms with Crippen molar-refractivity contribution < 1.29 is 4.79 Å². The predicted molar refractivity (Wildman–Crippen MR) is 78.7 cm³/mol. The van der Waals surface area contributed by atoms with Crippen LogP contribution < -0.4 is 10.6 Å². The lowest BCUT2D eigenvalue weighted by molar-refractivity contribution is 0.0924. The average molecular weight is 281 g/mol. The Morgan fingerprint density at radius 1 is 1.53 bits per heavy atom. The van der Waals surface area contributed by atoms with E-state index < -0.39 is 0 Å². The maximum absolute atomic E-state index is 12.2. The average Bonchev–Trinajstić information content (AvgIpc) is 2.40. The van der Waals surface area contributed by atoms with Crippen LogP contribution in [0.4, 0.5) is 0 Å². The van der Waals surface area contributed by atoms with Crippen molar-refractivity contribution in [1.82, 2.24) is 10.6 Å². The van der Waals surface area contributed by atoms with E-state index in [0.717, 1.165) is 25.1 Å². The van der Waals surface area contributed by atoms with E-state index in [9.17, 15) is 4.79 Å². The summed E-state index contributed by atoms with van der Waals surface area (Å²) >= 11 is 5.95. The van der Waals surface area contributed by atoms with Gasteiger partial charge in [0, 0.05) is 23.7 Å². The number of amides is 1. The van der Waals surface area contributed by atoms with Gasteiger partial charge in [-0.2, -0.15) is 0 Å². The Hall–Kier alpha value is -1.06. The van der Waals surface area contributed by atoms with Gasteiger partial charge in [-0.1, -0.05) is 24.6 Å². The smallest absolute Gasteiger partial charge is 0.251 e. The van der Waals surface area contributed by atoms with Gasteiger partial charge in [-0.25, -0.2) is 0 Å². The fourth-order valence-electron chi connectivity index (χ4n) is 2.50. The van der Waals surface area contributed by atoms with Gasteiger partial charge in [0.05, 0.1) is 0 Å². The Kier molecular flexibility index (Phi) is 4.48. The van der Waals surface area contributed by atoms with Crippen LogP contribution in [0.25, 0.3) is 0 Å². The summed E-state index contributed by atoms with van der Waals surface area (Å²) in [7, 11) is 0. The molecule has 1 aliphatic heterocycles. The minimum atomic E-state index is -0.0354. The van der Waals surface area contributed by atoms with Gasteiger partial charge in [0.25, 0.3) is 5.91 Å². The van der Waals surface area contributed by atoms with Crippen LogP contribution in [0.15, 0.2) is 18.2 Å². The van der Waals surface area contributed by atoms with E-state index in [0.29, 0.717) is 17.1 Å². The van der Waals surface area contributed by atoms with Gasteiger partial charge in [0.1, 0.15) is 0 Å². The molecule has 1 saturated heterocycles. The molecule has 1 aliphatic rings. The third-order valence-electron chi connectivity index (χ3n) is 3.81. The molecule has 1 aromatic carbocycles. The second kappa shape index (κ2) is 5.93. The number of hydrogen-bond donors (Lipinski definition) is 2. The largest absolute Gasteiger partial charge is 0.351 e. The molecule has 2 N–H and O–H groups in total. The summed E-state index contributed by atoms with van der Waals surface area (Å²) in [6.07, 6.45) is 2.32. The maximum Gasteiger partial charge on any atom is 0.251 e. The number of aryl methyl sites for hydroxylation is 1. The van der Waals surface area contributed by atoms with Gasteiger partial charge in [-0.3, -0.25) is 4.79 Å². The van der Waals surface area contributed by atoms with Crippen LogP contribution >= 0.6 is 11.6 Å². The lowest BCUT2D eigenvalue weighted by atomic mass is 9.83. The summed E-state index contributed by atoms with van der Waals surface area (Å²) in [5.74, 6) is -0.0354. The molecule has 0 bridgehead atoms. The quantitative estimate of drug-likeness (QED) is 0.894. The molecule has 0 saturated carbocycles. The summed E-state index contributed by atoms with van der Waals surface area (Å²) in [4.78, 5) is 12.2. The molecule has 0 aromatic heterocycles. The second-order valence-electron chi connectivity index (χ2n) is 5.73. The summed E-state index contributed by atoms with van der Waals surface area (Å²) in [6.45, 7) is 6.88. The Bertz CT molecular complexity index is 467. The number of rotatable bonds is 3. The topological polar surface area (TPSA) is 41.1 Å². The van der Waals surface area contributed by atoms with E-state index >= 15 is 0 Å². The van der Waals surface area contributed by atoms with E-state index in [-0.39, 0.29) is 11.3 Å². The molecule has 4 heteroatoms. The Labute approximate surface area is 119 Å². The molecule has 1 unspecified atom stereocenters. The van der Waals surface area contributed by atoms with Gasteiger partial charge in [-0.05, 0) is 49.4 Å². The molecule has 0 radical (unpaired) electrons. The van der Waals surface area contributed by atoms with Crippen LogP contribution in [-0.4, -0.2) is 25.5 Å². The van der Waals surface area contributed by atoms with Gasteiger partial charge in [0.2, 0.25) is 0 Å². The lowest BCUT2D eigenvalue weighted by Gasteiger charge is -2.34. The summed E-state index contributed by atoms with van der Waals surface area (Å²) in [5.41, 5.74) is 1.77. The number of halogens is 1. The fraction of sp³-hybridized carbons (Fsp3) is 0.533. The van der Waals surface area contributed by atoms with Crippen molar-refractivity contribution in [1.29, 1.82) is 0 Å². The van der Waals surface area contributed by atoms with Crippen LogP contribution in [0, 0.1) is 12.3 Å². The number of benzene rings is 1. The van der Waals surface area contributed by atoms with Gasteiger partial charge in [0.15, 0.2) is 0 Å². The van der Waals surface area contributed by atoms with Crippen molar-refractivity contribution in [3.05, 3.63) is 34.3 Å². The van der Waals surface area contributed by atoms with Gasteiger partial charge < -0.3 is 10.6 Å². The Balaban J connectivity index is 1.99. The molecule has 104 valence electrons. The summed E-state index contributed by atoms with van der Waals surface area (Å²) in [6, 6.07) is 5.41. The monoisotopic (exact) mass is 280 g/mol. The zero-order valence-electron chi connectivity index (χ0n) is 11.6. The highest BCUT2D eigenvalue weighted by Gasteiger charge is 2.27. The Morgan fingerprint density at radius 2 is 2.32 bits per heavy atom. The van der Waals surface area contributed by atoms with Crippen LogP contribution in [0.2, 0.25) is 5.02 Å². The van der Waals surface area contributed by atoms with Crippen molar-refractivity contribution in [3.8, 4) is 0 Å². The van der Waals surface area contributed by atoms with E-state index in [1.165, 1.54) is 6.42 Å². The second-order valence-corrected chi connectivity index (χ2v) is 6.17. The molecule has 1 heterocycles. The van der Waals surface area contributed by atoms with E-state index in [4.69, 9.17) is 11.6 Å². The molecule has 1 atom stereocenters. The minimum Gasteiger partial charge on any atom is -0.351 e. The third kappa shape index (κ3) is 3.71. The van der Waals surface area contributed by atoms with Crippen LogP contribution in [0.3, 0.4) is 0 Å². The zero-order valence-corrected chi connectivity index (χ0v) is 12.3. The van der Waals surface area contributed by atoms with E-state index in [1.807, 2.05) is 13.0 Å². The van der Waals surface area contributed by atoms with Crippen molar-refractivity contribution in [3.63, 3.8) is 0 Å². The molecule has 3 nitrogen and oxygen atoms in total. The number of hydrogen-bond acceptors (Lipinski definition) is 2. The molecular weight excluding hydrogens is 260 g/mol. The summed E-state index contributed by atoms with van der Waals surface area (Å²) in [5, 5.41) is 7.02. The molecule has 1 amide bonds. The molecule has 2 rings (SSSR count). The number of carbonyl (C=O) groups excluding carboxylic acids is 1. The standard InChI is InChI=1S/C15H21ClN2O/c1-11-4-5-12(16)8-13(11)14(19)18-10-15(2)6-3-7-17-9-15/h4-5,8,17H,3,6-7,9-10H2,1-2H3,(H,18,19). The molecule has 19 heavy (non-hydrogen) atoms. The highest BCUT2D eigenvalue weighted by molar-refractivity contribution is 6.31. The van der Waals surface area contributed by atoms with Gasteiger partial charge in [-0.15, -0.1) is 0 Å². The first kappa shape index (κ1) is 14.4. The lowest BCUT2D eigenvalue weighted by Crippen LogP contribution is -2.45. The molecule has 0 aliphatic carbocycles. The maximum atomic E-state index is 12.2. The third-order valence-corrected chi connectivity index (χ3v) is 4.04. The first-order valence-corrected chi connectivity index (χ1v) is 7.13.